The van der Waals surface area contributed by atoms with Crippen molar-refractivity contribution >= 4 is 6.47 Å². The second-order valence-corrected chi connectivity index (χ2v) is 4.38. The van der Waals surface area contributed by atoms with E-state index in [0.717, 1.165) is 6.42 Å². The van der Waals surface area contributed by atoms with Gasteiger partial charge in [-0.3, -0.25) is 4.79 Å². The maximum Gasteiger partial charge on any atom is 0.290 e. The van der Waals surface area contributed by atoms with Crippen LogP contribution in [0.4, 0.5) is 0 Å². The number of aliphatic hydroxyl groups excluding tert-OH is 1. The van der Waals surface area contributed by atoms with Gasteiger partial charge < -0.3 is 10.2 Å². The maximum absolute atomic E-state index is 8.52. The summed E-state index contributed by atoms with van der Waals surface area (Å²) in [5.74, 6) is 0. The zero-order chi connectivity index (χ0) is 13.9. The fourth-order valence-corrected chi connectivity index (χ4v) is 1.77. The van der Waals surface area contributed by atoms with Gasteiger partial charge in [-0.2, -0.15) is 0 Å². The summed E-state index contributed by atoms with van der Waals surface area (Å²) < 4.78 is 0. The Kier molecular flexibility index (Phi) is 23.3. The third-order valence-corrected chi connectivity index (χ3v) is 2.75. The Morgan fingerprint density at radius 3 is 1.72 bits per heavy atom. The molecule has 108 valence electrons. The van der Waals surface area contributed by atoms with Crippen LogP contribution in [0.1, 0.15) is 71.1 Å². The lowest BCUT2D eigenvalue weighted by molar-refractivity contribution is -0.122. The number of hydrogen-bond acceptors (Lipinski definition) is 2. The van der Waals surface area contributed by atoms with Gasteiger partial charge in [0.1, 0.15) is 0 Å². The van der Waals surface area contributed by atoms with Gasteiger partial charge in [0.2, 0.25) is 0 Å². The van der Waals surface area contributed by atoms with E-state index >= 15 is 0 Å². The molecule has 0 aromatic carbocycles. The fraction of sp³-hybridized carbons (Fsp3) is 0.800. The highest BCUT2D eigenvalue weighted by molar-refractivity contribution is 5.32. The van der Waals surface area contributed by atoms with Crippen LogP contribution in [0.25, 0.3) is 0 Å². The van der Waals surface area contributed by atoms with Crippen LogP contribution in [0.5, 0.6) is 0 Å². The van der Waals surface area contributed by atoms with E-state index in [0.29, 0.717) is 0 Å². The molecule has 0 aliphatic heterocycles. The Bertz CT molecular complexity index is 167. The summed E-state index contributed by atoms with van der Waals surface area (Å²) in [6.45, 7) is 2.21. The van der Waals surface area contributed by atoms with Gasteiger partial charge >= 0.3 is 0 Å². The van der Waals surface area contributed by atoms with Crippen molar-refractivity contribution < 1.29 is 15.0 Å². The number of unbranched alkanes of at least 4 members (excludes halogenated alkanes) is 9. The first kappa shape index (κ1) is 19.5. The smallest absolute Gasteiger partial charge is 0.290 e. The summed E-state index contributed by atoms with van der Waals surface area (Å²) in [4.78, 5) is 8.36. The Morgan fingerprint density at radius 2 is 1.28 bits per heavy atom. The Labute approximate surface area is 112 Å². The summed E-state index contributed by atoms with van der Waals surface area (Å²) in [7, 11) is 0. The lowest BCUT2D eigenvalue weighted by Gasteiger charge is -2.00. The van der Waals surface area contributed by atoms with Crippen LogP contribution in [0.15, 0.2) is 12.2 Å². The van der Waals surface area contributed by atoms with Gasteiger partial charge in [-0.05, 0) is 12.8 Å². The number of hydrogen-bond donors (Lipinski definition) is 2. The van der Waals surface area contributed by atoms with E-state index in [4.69, 9.17) is 15.0 Å². The Hall–Kier alpha value is -0.830. The van der Waals surface area contributed by atoms with Crippen LogP contribution in [0.3, 0.4) is 0 Å². The highest BCUT2D eigenvalue weighted by atomic mass is 16.3. The molecule has 0 amide bonds. The molecule has 0 rings (SSSR count). The fourth-order valence-electron chi connectivity index (χ4n) is 1.77. The first-order chi connectivity index (χ1) is 8.83. The van der Waals surface area contributed by atoms with Crippen molar-refractivity contribution in [2.45, 2.75) is 71.1 Å². The van der Waals surface area contributed by atoms with Crippen molar-refractivity contribution in [3.05, 3.63) is 12.2 Å². The predicted octanol–water partition coefficient (Wildman–Crippen LogP) is 4.16. The van der Waals surface area contributed by atoms with Gasteiger partial charge in [0.25, 0.3) is 6.47 Å². The molecular weight excluding hydrogens is 228 g/mol. The monoisotopic (exact) mass is 258 g/mol. The minimum atomic E-state index is -0.250. The molecule has 0 bridgehead atoms. The summed E-state index contributed by atoms with van der Waals surface area (Å²) in [6.07, 6.45) is 17.5. The van der Waals surface area contributed by atoms with Gasteiger partial charge in [-0.1, -0.05) is 70.4 Å². The van der Waals surface area contributed by atoms with Crippen LogP contribution >= 0.6 is 0 Å². The maximum atomic E-state index is 8.52. The third kappa shape index (κ3) is 24.4. The van der Waals surface area contributed by atoms with E-state index in [2.05, 4.69) is 13.0 Å². The SMILES string of the molecule is CCCCCCCCCCC/C=C/CO.O=CO. The second kappa shape index (κ2) is 21.5. The standard InChI is InChI=1S/C14H28O.CH2O2/c1-2-3-4-5-6-7-8-9-10-11-12-13-14-15;2-1-3/h12-13,15H,2-11,14H2,1H3;1H,(H,2,3)/b13-12+;. The summed E-state index contributed by atoms with van der Waals surface area (Å²) in [5, 5.41) is 15.4. The van der Waals surface area contributed by atoms with Crippen molar-refractivity contribution in [1.82, 2.24) is 0 Å². The minimum absolute atomic E-state index is 0.192. The molecule has 18 heavy (non-hydrogen) atoms. The zero-order valence-corrected chi connectivity index (χ0v) is 11.8. The largest absolute Gasteiger partial charge is 0.483 e. The van der Waals surface area contributed by atoms with Crippen LogP contribution in [-0.2, 0) is 4.79 Å². The average Bonchev–Trinajstić information content (AvgIpc) is 2.37. The van der Waals surface area contributed by atoms with E-state index < -0.39 is 0 Å². The molecule has 3 heteroatoms. The van der Waals surface area contributed by atoms with E-state index in [1.807, 2.05) is 6.08 Å². The van der Waals surface area contributed by atoms with Crippen LogP contribution < -0.4 is 0 Å². The molecule has 0 spiro atoms. The molecule has 0 aliphatic rings. The molecular formula is C15H30O3. The lowest BCUT2D eigenvalue weighted by atomic mass is 10.1. The second-order valence-electron chi connectivity index (χ2n) is 4.38. The highest BCUT2D eigenvalue weighted by Crippen LogP contribution is 2.10. The van der Waals surface area contributed by atoms with Crippen molar-refractivity contribution in [2.24, 2.45) is 0 Å². The molecule has 3 nitrogen and oxygen atoms in total. The van der Waals surface area contributed by atoms with Gasteiger partial charge in [0.05, 0.1) is 6.61 Å². The molecule has 2 N–H and O–H groups in total. The number of carbonyl (C=O) groups is 1. The van der Waals surface area contributed by atoms with Crippen LogP contribution in [-0.4, -0.2) is 23.3 Å². The molecule has 0 saturated carbocycles. The summed E-state index contributed by atoms with van der Waals surface area (Å²) in [5.41, 5.74) is 0. The minimum Gasteiger partial charge on any atom is -0.483 e. The lowest BCUT2D eigenvalue weighted by Crippen LogP contribution is -1.81. The molecule has 0 radical (unpaired) electrons. The average molecular weight is 258 g/mol. The molecule has 0 heterocycles. The van der Waals surface area contributed by atoms with Crippen LogP contribution in [0.2, 0.25) is 0 Å². The first-order valence-corrected chi connectivity index (χ1v) is 7.17. The predicted molar refractivity (Wildman–Crippen MR) is 76.8 cm³/mol. The topological polar surface area (TPSA) is 57.5 Å². The normalized spacial score (nSPS) is 10.1. The Morgan fingerprint density at radius 1 is 0.833 bits per heavy atom. The van der Waals surface area contributed by atoms with E-state index in [1.165, 1.54) is 57.8 Å². The van der Waals surface area contributed by atoms with Gasteiger partial charge in [0, 0.05) is 0 Å². The van der Waals surface area contributed by atoms with Gasteiger partial charge in [-0.25, -0.2) is 0 Å². The number of aliphatic hydroxyl groups is 1. The highest BCUT2D eigenvalue weighted by Gasteiger charge is 1.90. The van der Waals surface area contributed by atoms with Crippen molar-refractivity contribution in [3.63, 3.8) is 0 Å². The van der Waals surface area contributed by atoms with Crippen molar-refractivity contribution in [1.29, 1.82) is 0 Å². The Balaban J connectivity index is 0. The van der Waals surface area contributed by atoms with Crippen molar-refractivity contribution in [2.75, 3.05) is 6.61 Å². The molecule has 0 aromatic heterocycles. The molecule has 0 saturated heterocycles. The zero-order valence-electron chi connectivity index (χ0n) is 11.8. The number of rotatable bonds is 11. The first-order valence-electron chi connectivity index (χ1n) is 7.17. The van der Waals surface area contributed by atoms with Crippen molar-refractivity contribution in [3.8, 4) is 0 Å². The number of allylic oxidation sites excluding steroid dienone is 1. The van der Waals surface area contributed by atoms with Crippen LogP contribution in [0, 0.1) is 0 Å². The van der Waals surface area contributed by atoms with Gasteiger partial charge in [-0.15, -0.1) is 0 Å². The molecule has 0 aromatic rings. The molecule has 0 unspecified atom stereocenters. The van der Waals surface area contributed by atoms with Gasteiger partial charge in [0.15, 0.2) is 0 Å². The quantitative estimate of drug-likeness (QED) is 0.332. The molecule has 0 aliphatic carbocycles. The number of carboxylic acid groups (broad SMARTS) is 1. The van der Waals surface area contributed by atoms with E-state index in [1.54, 1.807) is 0 Å². The molecule has 0 atom stereocenters. The third-order valence-electron chi connectivity index (χ3n) is 2.75. The summed E-state index contributed by atoms with van der Waals surface area (Å²) in [6, 6.07) is 0. The van der Waals surface area contributed by atoms with E-state index in [-0.39, 0.29) is 13.1 Å². The molecule has 0 fully saturated rings. The van der Waals surface area contributed by atoms with E-state index in [9.17, 15) is 0 Å². The summed E-state index contributed by atoms with van der Waals surface area (Å²) >= 11 is 0.